The second-order valence-electron chi connectivity index (χ2n) is 2.08. The molecule has 1 rings (SSSR count). The van der Waals surface area contributed by atoms with Crippen LogP contribution in [0.25, 0.3) is 0 Å². The molecule has 0 N–H and O–H groups in total. The molecular formula is C8H11Br. The van der Waals surface area contributed by atoms with Crippen LogP contribution in [0.3, 0.4) is 0 Å². The van der Waals surface area contributed by atoms with E-state index in [9.17, 15) is 0 Å². The largest absolute Gasteiger partial charge is 0.114 e. The summed E-state index contributed by atoms with van der Waals surface area (Å²) in [7, 11) is 0. The molecule has 1 aromatic rings. The van der Waals surface area contributed by atoms with Gasteiger partial charge in [-0.15, -0.1) is 17.0 Å². The number of hydrogen-bond acceptors (Lipinski definition) is 0. The van der Waals surface area contributed by atoms with Gasteiger partial charge in [-0.25, -0.2) is 0 Å². The van der Waals surface area contributed by atoms with E-state index in [0.717, 1.165) is 0 Å². The minimum Gasteiger partial charge on any atom is -0.114 e. The summed E-state index contributed by atoms with van der Waals surface area (Å²) >= 11 is 0. The predicted molar refractivity (Wildman–Crippen MR) is 46.2 cm³/mol. The summed E-state index contributed by atoms with van der Waals surface area (Å²) in [6, 6.07) is 8.36. The molecule has 0 unspecified atom stereocenters. The molecule has 0 spiro atoms. The van der Waals surface area contributed by atoms with Crippen molar-refractivity contribution in [2.45, 2.75) is 13.8 Å². The zero-order valence-electron chi connectivity index (χ0n) is 5.72. The van der Waals surface area contributed by atoms with Gasteiger partial charge in [-0.1, -0.05) is 24.3 Å². The van der Waals surface area contributed by atoms with Gasteiger partial charge in [0.2, 0.25) is 0 Å². The molecule has 0 nitrogen and oxygen atoms in total. The van der Waals surface area contributed by atoms with Crippen molar-refractivity contribution in [1.82, 2.24) is 0 Å². The molecule has 50 valence electrons. The Morgan fingerprint density at radius 2 is 1.22 bits per heavy atom. The molecule has 0 aliphatic heterocycles. The highest BCUT2D eigenvalue weighted by Crippen LogP contribution is 2.02. The van der Waals surface area contributed by atoms with Crippen LogP contribution in [0, 0.1) is 13.8 Å². The zero-order valence-corrected chi connectivity index (χ0v) is 7.43. The maximum Gasteiger partial charge on any atom is -0.0395 e. The Kier molecular flexibility index (Phi) is 3.55. The van der Waals surface area contributed by atoms with Crippen LogP contribution in [-0.4, -0.2) is 0 Å². The highest BCUT2D eigenvalue weighted by Gasteiger charge is 1.83. The van der Waals surface area contributed by atoms with Crippen LogP contribution in [0.5, 0.6) is 0 Å². The van der Waals surface area contributed by atoms with E-state index < -0.39 is 0 Å². The number of halogens is 1. The van der Waals surface area contributed by atoms with Crippen LogP contribution in [0.15, 0.2) is 24.3 Å². The summed E-state index contributed by atoms with van der Waals surface area (Å²) in [5, 5.41) is 0. The smallest absolute Gasteiger partial charge is 0.0395 e. The summed E-state index contributed by atoms with van der Waals surface area (Å²) in [5.41, 5.74) is 2.74. The molecule has 0 heterocycles. The van der Waals surface area contributed by atoms with Gasteiger partial charge in [0.15, 0.2) is 0 Å². The molecule has 1 heteroatoms. The summed E-state index contributed by atoms with van der Waals surface area (Å²) in [6.07, 6.45) is 0. The van der Waals surface area contributed by atoms with Gasteiger partial charge in [-0.05, 0) is 25.0 Å². The van der Waals surface area contributed by atoms with E-state index >= 15 is 0 Å². The molecule has 0 fully saturated rings. The molecule has 0 atom stereocenters. The second-order valence-corrected chi connectivity index (χ2v) is 2.08. The number of aryl methyl sites for hydroxylation is 2. The monoisotopic (exact) mass is 186 g/mol. The van der Waals surface area contributed by atoms with Crippen molar-refractivity contribution >= 4 is 17.0 Å². The normalized spacial score (nSPS) is 8.22. The van der Waals surface area contributed by atoms with E-state index in [1.165, 1.54) is 11.1 Å². The van der Waals surface area contributed by atoms with Crippen molar-refractivity contribution < 1.29 is 0 Å². The fourth-order valence-corrected chi connectivity index (χ4v) is 0.663. The Morgan fingerprint density at radius 1 is 0.889 bits per heavy atom. The number of benzene rings is 1. The Bertz CT molecular complexity index is 161. The lowest BCUT2D eigenvalue weighted by molar-refractivity contribution is 1.34. The molecule has 0 amide bonds. The van der Waals surface area contributed by atoms with Crippen LogP contribution in [0.2, 0.25) is 0 Å². The van der Waals surface area contributed by atoms with Crippen LogP contribution in [0.1, 0.15) is 11.1 Å². The van der Waals surface area contributed by atoms with Crippen LogP contribution >= 0.6 is 17.0 Å². The van der Waals surface area contributed by atoms with E-state index in [1.54, 1.807) is 0 Å². The van der Waals surface area contributed by atoms with E-state index in [-0.39, 0.29) is 17.0 Å². The second kappa shape index (κ2) is 3.67. The first-order valence-corrected chi connectivity index (χ1v) is 2.83. The van der Waals surface area contributed by atoms with Gasteiger partial charge in [0, 0.05) is 0 Å². The summed E-state index contributed by atoms with van der Waals surface area (Å²) in [5.74, 6) is 0. The lowest BCUT2D eigenvalue weighted by atomic mass is 10.1. The molecular weight excluding hydrogens is 176 g/mol. The van der Waals surface area contributed by atoms with Gasteiger partial charge in [0.25, 0.3) is 0 Å². The molecule has 0 saturated carbocycles. The fraction of sp³-hybridized carbons (Fsp3) is 0.250. The lowest BCUT2D eigenvalue weighted by Gasteiger charge is -1.93. The summed E-state index contributed by atoms with van der Waals surface area (Å²) in [6.45, 7) is 4.24. The molecule has 0 aromatic heterocycles. The highest BCUT2D eigenvalue weighted by molar-refractivity contribution is 8.93. The van der Waals surface area contributed by atoms with Gasteiger partial charge < -0.3 is 0 Å². The predicted octanol–water partition coefficient (Wildman–Crippen LogP) is 2.88. The molecule has 0 aliphatic rings. The Labute approximate surface area is 66.7 Å². The average Bonchev–Trinajstić information content (AvgIpc) is 1.77. The van der Waals surface area contributed by atoms with Gasteiger partial charge in [0.05, 0.1) is 0 Å². The topological polar surface area (TPSA) is 0 Å². The third kappa shape index (κ3) is 2.19. The lowest BCUT2D eigenvalue weighted by Crippen LogP contribution is -1.74. The van der Waals surface area contributed by atoms with E-state index in [4.69, 9.17) is 0 Å². The Hall–Kier alpha value is -0.300. The maximum atomic E-state index is 2.12. The molecule has 0 aliphatic carbocycles. The highest BCUT2D eigenvalue weighted by atomic mass is 79.9. The Morgan fingerprint density at radius 3 is 1.44 bits per heavy atom. The van der Waals surface area contributed by atoms with Crippen LogP contribution in [-0.2, 0) is 0 Å². The number of rotatable bonds is 0. The van der Waals surface area contributed by atoms with Crippen molar-refractivity contribution in [3.05, 3.63) is 35.4 Å². The minimum atomic E-state index is 0. The SMILES string of the molecule is Br.Cc1ccccc1C. The van der Waals surface area contributed by atoms with Gasteiger partial charge >= 0.3 is 0 Å². The van der Waals surface area contributed by atoms with Gasteiger partial charge in [-0.2, -0.15) is 0 Å². The first-order chi connectivity index (χ1) is 3.80. The fourth-order valence-electron chi connectivity index (χ4n) is 0.663. The minimum absolute atomic E-state index is 0. The molecule has 9 heavy (non-hydrogen) atoms. The molecule has 0 radical (unpaired) electrons. The molecule has 1 aromatic carbocycles. The van der Waals surface area contributed by atoms with E-state index in [1.807, 2.05) is 0 Å². The molecule has 0 saturated heterocycles. The first-order valence-electron chi connectivity index (χ1n) is 2.83. The third-order valence-corrected chi connectivity index (χ3v) is 1.43. The average molecular weight is 187 g/mol. The third-order valence-electron chi connectivity index (χ3n) is 1.43. The van der Waals surface area contributed by atoms with Crippen molar-refractivity contribution in [3.8, 4) is 0 Å². The van der Waals surface area contributed by atoms with E-state index in [0.29, 0.717) is 0 Å². The van der Waals surface area contributed by atoms with Crippen LogP contribution in [0.4, 0.5) is 0 Å². The van der Waals surface area contributed by atoms with Crippen molar-refractivity contribution in [2.75, 3.05) is 0 Å². The quantitative estimate of drug-likeness (QED) is 0.585. The standard InChI is InChI=1S/C8H10.BrH/c1-7-5-3-4-6-8(7)2;/h3-6H,1-2H3;1H. The summed E-state index contributed by atoms with van der Waals surface area (Å²) < 4.78 is 0. The zero-order chi connectivity index (χ0) is 5.98. The summed E-state index contributed by atoms with van der Waals surface area (Å²) in [4.78, 5) is 0. The van der Waals surface area contributed by atoms with Crippen molar-refractivity contribution in [1.29, 1.82) is 0 Å². The maximum absolute atomic E-state index is 2.12. The van der Waals surface area contributed by atoms with Crippen LogP contribution < -0.4 is 0 Å². The molecule has 0 bridgehead atoms. The first kappa shape index (κ1) is 8.70. The van der Waals surface area contributed by atoms with Gasteiger partial charge in [0.1, 0.15) is 0 Å². The van der Waals surface area contributed by atoms with Crippen molar-refractivity contribution in [3.63, 3.8) is 0 Å². The van der Waals surface area contributed by atoms with E-state index in [2.05, 4.69) is 38.1 Å². The van der Waals surface area contributed by atoms with Gasteiger partial charge in [-0.3, -0.25) is 0 Å². The number of hydrogen-bond donors (Lipinski definition) is 0. The Balaban J connectivity index is 0.000000640. The van der Waals surface area contributed by atoms with Crippen molar-refractivity contribution in [2.24, 2.45) is 0 Å².